The molecule has 6 heterocycles. The van der Waals surface area contributed by atoms with Gasteiger partial charge in [0.1, 0.15) is 18.4 Å². The van der Waals surface area contributed by atoms with E-state index in [1.54, 1.807) is 18.2 Å². The third-order valence-corrected chi connectivity index (χ3v) is 13.8. The number of aromatic nitrogens is 2. The van der Waals surface area contributed by atoms with Crippen molar-refractivity contribution in [2.24, 2.45) is 11.3 Å². The zero-order valence-corrected chi connectivity index (χ0v) is 35.3. The first kappa shape index (κ1) is 40.6. The number of anilines is 2. The van der Waals surface area contributed by atoms with Crippen LogP contribution in [-0.4, -0.2) is 95.3 Å². The molecule has 14 heteroatoms. The van der Waals surface area contributed by atoms with Gasteiger partial charge in [-0.3, -0.25) is 29.4 Å². The summed E-state index contributed by atoms with van der Waals surface area (Å²) in [6.45, 7) is 11.5. The van der Waals surface area contributed by atoms with Crippen molar-refractivity contribution < 1.29 is 23.9 Å². The number of carbonyl (C=O) groups excluding carboxylic acids is 4. The predicted molar refractivity (Wildman–Crippen MR) is 229 cm³/mol. The van der Waals surface area contributed by atoms with Gasteiger partial charge in [-0.2, -0.15) is 5.26 Å². The van der Waals surface area contributed by atoms with E-state index in [1.165, 1.54) is 0 Å². The molecule has 1 spiro atoms. The summed E-state index contributed by atoms with van der Waals surface area (Å²) in [5.41, 5.74) is 4.96. The summed E-state index contributed by atoms with van der Waals surface area (Å²) in [7, 11) is 0. The highest BCUT2D eigenvalue weighted by atomic mass is 35.5. The molecular weight excluding hydrogens is 792 g/mol. The van der Waals surface area contributed by atoms with Crippen LogP contribution in [0.3, 0.4) is 0 Å². The summed E-state index contributed by atoms with van der Waals surface area (Å²) >= 11 is 6.30. The van der Waals surface area contributed by atoms with E-state index in [9.17, 15) is 24.4 Å². The molecule has 1 atom stereocenters. The normalized spacial score (nSPS) is 20.7. The van der Waals surface area contributed by atoms with Gasteiger partial charge in [0.25, 0.3) is 11.8 Å². The maximum absolute atomic E-state index is 13.4. The van der Waals surface area contributed by atoms with Crippen molar-refractivity contribution in [1.29, 1.82) is 5.26 Å². The maximum atomic E-state index is 13.4. The van der Waals surface area contributed by atoms with Gasteiger partial charge in [0.2, 0.25) is 17.8 Å². The first-order chi connectivity index (χ1) is 29.4. The van der Waals surface area contributed by atoms with Crippen LogP contribution in [0.25, 0.3) is 0 Å². The predicted octanol–water partition coefficient (Wildman–Crippen LogP) is 6.13. The number of benzene rings is 3. The average Bonchev–Trinajstić information content (AvgIpc) is 3.50. The molecule has 5 aliphatic rings. The molecule has 13 nitrogen and oxygen atoms in total. The minimum absolute atomic E-state index is 0.0999. The lowest BCUT2D eigenvalue weighted by Gasteiger charge is -2.55. The molecule has 3 aromatic carbocycles. The number of amides is 4. The first-order valence-electron chi connectivity index (χ1n) is 21.2. The third kappa shape index (κ3) is 8.07. The highest BCUT2D eigenvalue weighted by molar-refractivity contribution is 6.30. The molecule has 1 N–H and O–H groups in total. The molecule has 1 unspecified atom stereocenters. The second-order valence-corrected chi connectivity index (χ2v) is 18.3. The molecule has 314 valence electrons. The largest absolute Gasteiger partial charge is 0.487 e. The number of hydrogen-bond acceptors (Lipinski definition) is 11. The Bertz CT molecular complexity index is 2430. The summed E-state index contributed by atoms with van der Waals surface area (Å²) in [6, 6.07) is 22.1. The van der Waals surface area contributed by atoms with Crippen LogP contribution in [0.2, 0.25) is 5.02 Å². The summed E-state index contributed by atoms with van der Waals surface area (Å²) in [4.78, 5) is 68.3. The molecule has 0 saturated carbocycles. The Morgan fingerprint density at radius 2 is 1.61 bits per heavy atom. The molecule has 61 heavy (non-hydrogen) atoms. The summed E-state index contributed by atoms with van der Waals surface area (Å²) in [5, 5.41) is 12.2. The number of ether oxygens (including phenoxy) is 1. The Morgan fingerprint density at radius 1 is 0.869 bits per heavy atom. The summed E-state index contributed by atoms with van der Waals surface area (Å²) in [5.74, 6) is 0.202. The van der Waals surface area contributed by atoms with E-state index in [2.05, 4.69) is 57.0 Å². The quantitative estimate of drug-likeness (QED) is 0.184. The second-order valence-electron chi connectivity index (χ2n) is 17.9. The Morgan fingerprint density at radius 3 is 2.33 bits per heavy atom. The number of halogens is 1. The molecule has 0 bridgehead atoms. The summed E-state index contributed by atoms with van der Waals surface area (Å²) in [6.07, 6.45) is 6.39. The molecular formula is C47H49ClN8O5. The average molecular weight is 841 g/mol. The summed E-state index contributed by atoms with van der Waals surface area (Å²) < 4.78 is 6.15. The van der Waals surface area contributed by atoms with Crippen molar-refractivity contribution in [3.63, 3.8) is 0 Å². The van der Waals surface area contributed by atoms with Gasteiger partial charge in [-0.25, -0.2) is 9.97 Å². The van der Waals surface area contributed by atoms with Gasteiger partial charge in [0.15, 0.2) is 0 Å². The number of hydrogen-bond donors (Lipinski definition) is 1. The highest BCUT2D eigenvalue weighted by Gasteiger charge is 2.47. The SMILES string of the molecule is CC(C)(c1ccc(OCc2ccnc(N3CCC(CN4CC5(CCN(c6ccc7c(c6)C(=O)N(C6CCC(=O)NC6=O)C7=O)CC5)C4)CC3)n2)cc1)c1cc(Cl)cc(C#N)c1. The number of imide groups is 2. The molecule has 4 aromatic rings. The number of rotatable bonds is 10. The van der Waals surface area contributed by atoms with Gasteiger partial charge in [-0.15, -0.1) is 0 Å². The zero-order valence-electron chi connectivity index (χ0n) is 34.5. The smallest absolute Gasteiger partial charge is 0.262 e. The van der Waals surface area contributed by atoms with Crippen LogP contribution in [0.4, 0.5) is 11.6 Å². The van der Waals surface area contributed by atoms with Gasteiger partial charge < -0.3 is 19.4 Å². The third-order valence-electron chi connectivity index (χ3n) is 13.6. The molecule has 1 aromatic heterocycles. The van der Waals surface area contributed by atoms with E-state index >= 15 is 0 Å². The second kappa shape index (κ2) is 16.2. The Balaban J connectivity index is 0.716. The van der Waals surface area contributed by atoms with Gasteiger partial charge in [0.05, 0.1) is 28.5 Å². The van der Waals surface area contributed by atoms with E-state index in [1.807, 2.05) is 42.6 Å². The number of nitriles is 1. The molecule has 0 aliphatic carbocycles. The van der Waals surface area contributed by atoms with Crippen molar-refractivity contribution in [1.82, 2.24) is 25.1 Å². The fourth-order valence-electron chi connectivity index (χ4n) is 9.85. The Labute approximate surface area is 360 Å². The number of piperidine rings is 3. The molecule has 0 radical (unpaired) electrons. The lowest BCUT2D eigenvalue weighted by molar-refractivity contribution is -0.136. The monoisotopic (exact) mass is 840 g/mol. The topological polar surface area (TPSA) is 152 Å². The van der Waals surface area contributed by atoms with Gasteiger partial charge in [0, 0.05) is 74.6 Å². The van der Waals surface area contributed by atoms with Gasteiger partial charge in [-0.1, -0.05) is 37.6 Å². The lowest BCUT2D eigenvalue weighted by Crippen LogP contribution is -2.61. The fourth-order valence-corrected chi connectivity index (χ4v) is 10.1. The fraction of sp³-hybridized carbons (Fsp3) is 0.426. The molecule has 4 saturated heterocycles. The number of carbonyl (C=O) groups is 4. The van der Waals surface area contributed by atoms with Gasteiger partial charge in [-0.05, 0) is 109 Å². The van der Waals surface area contributed by atoms with Crippen molar-refractivity contribution in [3.05, 3.63) is 111 Å². The van der Waals surface area contributed by atoms with Crippen molar-refractivity contribution >= 4 is 46.9 Å². The van der Waals surface area contributed by atoms with Gasteiger partial charge >= 0.3 is 0 Å². The standard InChI is InChI=1S/C47H49ClN8O5/c1-46(2,33-21-31(25-49)22-34(48)23-33)32-3-6-37(7-4-32)61-27-35-11-16-50-45(51-35)55-17-12-30(13-18-55)26-53-28-47(29-53)14-19-54(20-15-47)36-5-8-38-39(24-36)44(60)56(43(38)59)40-9-10-41(57)52-42(40)58/h3-8,11,16,21-24,30,40H,9-10,12-15,17-20,26-29H2,1-2H3,(H,52,57,58). The van der Waals surface area contributed by atoms with Crippen LogP contribution < -0.4 is 19.9 Å². The Hall–Kier alpha value is -5.84. The van der Waals surface area contributed by atoms with E-state index in [0.29, 0.717) is 39.7 Å². The van der Waals surface area contributed by atoms with E-state index in [-0.39, 0.29) is 24.2 Å². The molecule has 9 rings (SSSR count). The van der Waals surface area contributed by atoms with Crippen LogP contribution in [0, 0.1) is 22.7 Å². The van der Waals surface area contributed by atoms with Crippen molar-refractivity contribution in [2.45, 2.75) is 70.4 Å². The minimum atomic E-state index is -0.963. The maximum Gasteiger partial charge on any atom is 0.262 e. The number of nitrogens with one attached hydrogen (secondary N) is 1. The first-order valence-corrected chi connectivity index (χ1v) is 21.6. The molecule has 4 amide bonds. The number of nitrogens with zero attached hydrogens (tertiary/aromatic N) is 7. The van der Waals surface area contributed by atoms with Crippen LogP contribution >= 0.6 is 11.6 Å². The minimum Gasteiger partial charge on any atom is -0.487 e. The van der Waals surface area contributed by atoms with Crippen LogP contribution in [0.5, 0.6) is 5.75 Å². The zero-order chi connectivity index (χ0) is 42.5. The highest BCUT2D eigenvalue weighted by Crippen LogP contribution is 2.43. The Kier molecular flexibility index (Phi) is 10.8. The van der Waals surface area contributed by atoms with E-state index in [0.717, 1.165) is 111 Å². The number of likely N-dealkylation sites (tertiary alicyclic amines) is 1. The lowest BCUT2D eigenvalue weighted by atomic mass is 9.71. The van der Waals surface area contributed by atoms with E-state index in [4.69, 9.17) is 21.3 Å². The van der Waals surface area contributed by atoms with Crippen LogP contribution in [0.15, 0.2) is 72.9 Å². The number of fused-ring (bicyclic) bond motifs is 1. The van der Waals surface area contributed by atoms with Crippen LogP contribution in [0.1, 0.15) is 95.5 Å². The van der Waals surface area contributed by atoms with Crippen molar-refractivity contribution in [2.75, 3.05) is 55.6 Å². The molecule has 4 fully saturated rings. The van der Waals surface area contributed by atoms with Crippen LogP contribution in [-0.2, 0) is 21.6 Å². The van der Waals surface area contributed by atoms with E-state index < -0.39 is 23.8 Å². The molecule has 5 aliphatic heterocycles. The van der Waals surface area contributed by atoms with Crippen molar-refractivity contribution in [3.8, 4) is 11.8 Å².